The monoisotopic (exact) mass is 503 g/mol. The second-order valence-corrected chi connectivity index (χ2v) is 10.4. The molecule has 2 unspecified atom stereocenters. The molecule has 0 fully saturated rings. The predicted molar refractivity (Wildman–Crippen MR) is 143 cm³/mol. The molecule has 1 rings (SSSR count). The maximum Gasteiger partial charge on any atom is 0.408 e. The predicted octanol–water partition coefficient (Wildman–Crippen LogP) is 4.44. The van der Waals surface area contributed by atoms with Crippen LogP contribution < -0.4 is 10.6 Å². The van der Waals surface area contributed by atoms with E-state index in [0.717, 1.165) is 24.8 Å². The molecule has 3 N–H and O–H groups in total. The molecule has 0 saturated heterocycles. The molecule has 8 heteroatoms. The summed E-state index contributed by atoms with van der Waals surface area (Å²) >= 11 is 0. The first-order valence-electron chi connectivity index (χ1n) is 12.8. The number of carbonyl (C=O) groups is 3. The van der Waals surface area contributed by atoms with Gasteiger partial charge >= 0.3 is 6.09 Å². The van der Waals surface area contributed by atoms with E-state index in [0.29, 0.717) is 18.5 Å². The van der Waals surface area contributed by atoms with Crippen LogP contribution in [0.25, 0.3) is 6.08 Å². The van der Waals surface area contributed by atoms with E-state index < -0.39 is 29.7 Å². The standard InChI is InChI=1S/C28H45N3O5/c1-8-10-11-15-29-25(33)24(22-14-12-13-21(9-2)19-22)31(16-17-32)26(34)23(18-20(3)4)30-27(35)36-28(5,6)7/h9,12-14,19-20,23-24,32H,2,8,10-11,15-18H2,1,3-7H3,(H,29,33)(H,30,35). The second kappa shape index (κ2) is 15.3. The number of nitrogens with zero attached hydrogens (tertiary/aromatic N) is 1. The van der Waals surface area contributed by atoms with Gasteiger partial charge in [0.1, 0.15) is 17.7 Å². The van der Waals surface area contributed by atoms with E-state index in [9.17, 15) is 19.5 Å². The molecular formula is C28H45N3O5. The quantitative estimate of drug-likeness (QED) is 0.325. The Labute approximate surface area is 216 Å². The zero-order chi connectivity index (χ0) is 27.3. The molecule has 0 aromatic heterocycles. The van der Waals surface area contributed by atoms with Gasteiger partial charge in [-0.3, -0.25) is 9.59 Å². The van der Waals surface area contributed by atoms with Crippen LogP contribution in [0.3, 0.4) is 0 Å². The highest BCUT2D eigenvalue weighted by atomic mass is 16.6. The van der Waals surface area contributed by atoms with E-state index in [1.807, 2.05) is 19.9 Å². The van der Waals surface area contributed by atoms with Crippen LogP contribution in [-0.2, 0) is 14.3 Å². The maximum atomic E-state index is 13.9. The number of aliphatic hydroxyl groups is 1. The van der Waals surface area contributed by atoms with Gasteiger partial charge in [0.15, 0.2) is 0 Å². The van der Waals surface area contributed by atoms with E-state index >= 15 is 0 Å². The van der Waals surface area contributed by atoms with Crippen molar-refractivity contribution in [3.05, 3.63) is 42.0 Å². The maximum absolute atomic E-state index is 13.9. The van der Waals surface area contributed by atoms with Crippen molar-refractivity contribution in [2.24, 2.45) is 5.92 Å². The third-order valence-electron chi connectivity index (χ3n) is 5.42. The summed E-state index contributed by atoms with van der Waals surface area (Å²) in [7, 11) is 0. The molecule has 0 aliphatic carbocycles. The Kier molecular flexibility index (Phi) is 13.2. The van der Waals surface area contributed by atoms with Crippen molar-refractivity contribution >= 4 is 24.0 Å². The van der Waals surface area contributed by atoms with Crippen molar-refractivity contribution in [2.45, 2.75) is 84.9 Å². The van der Waals surface area contributed by atoms with Crippen LogP contribution in [0.5, 0.6) is 0 Å². The zero-order valence-corrected chi connectivity index (χ0v) is 22.8. The Hall–Kier alpha value is -2.87. The number of alkyl carbamates (subject to hydrolysis) is 1. The van der Waals surface area contributed by atoms with Crippen LogP contribution in [0.15, 0.2) is 30.8 Å². The van der Waals surface area contributed by atoms with Crippen LogP contribution in [0, 0.1) is 5.92 Å². The topological polar surface area (TPSA) is 108 Å². The van der Waals surface area contributed by atoms with Crippen LogP contribution in [-0.4, -0.2) is 59.3 Å². The summed E-state index contributed by atoms with van der Waals surface area (Å²) in [5.41, 5.74) is 0.674. The number of unbranched alkanes of at least 4 members (excludes halogenated alkanes) is 2. The van der Waals surface area contributed by atoms with Gasteiger partial charge in [-0.25, -0.2) is 4.79 Å². The smallest absolute Gasteiger partial charge is 0.408 e. The Bertz CT molecular complexity index is 863. The third-order valence-corrected chi connectivity index (χ3v) is 5.42. The first kappa shape index (κ1) is 31.2. The Morgan fingerprint density at radius 3 is 2.44 bits per heavy atom. The van der Waals surface area contributed by atoms with E-state index in [1.165, 1.54) is 4.90 Å². The molecule has 0 heterocycles. The van der Waals surface area contributed by atoms with Crippen LogP contribution in [0.4, 0.5) is 4.79 Å². The number of hydrogen-bond acceptors (Lipinski definition) is 5. The molecule has 0 saturated carbocycles. The van der Waals surface area contributed by atoms with Crippen molar-refractivity contribution in [2.75, 3.05) is 19.7 Å². The number of aliphatic hydroxyl groups excluding tert-OH is 1. The summed E-state index contributed by atoms with van der Waals surface area (Å²) in [5, 5.41) is 15.5. The summed E-state index contributed by atoms with van der Waals surface area (Å²) in [6.45, 7) is 15.1. The summed E-state index contributed by atoms with van der Waals surface area (Å²) < 4.78 is 5.38. The third kappa shape index (κ3) is 10.8. The van der Waals surface area contributed by atoms with Gasteiger partial charge in [0, 0.05) is 13.1 Å². The number of amides is 3. The number of benzene rings is 1. The summed E-state index contributed by atoms with van der Waals surface area (Å²) in [5.74, 6) is -0.716. The van der Waals surface area contributed by atoms with Crippen molar-refractivity contribution in [1.29, 1.82) is 0 Å². The molecule has 0 bridgehead atoms. The normalized spacial score (nSPS) is 13.0. The van der Waals surface area contributed by atoms with E-state index in [4.69, 9.17) is 4.74 Å². The molecule has 202 valence electrons. The van der Waals surface area contributed by atoms with Gasteiger partial charge < -0.3 is 25.4 Å². The average Bonchev–Trinajstić information content (AvgIpc) is 2.79. The summed E-state index contributed by atoms with van der Waals surface area (Å²) in [4.78, 5) is 41.2. The second-order valence-electron chi connectivity index (χ2n) is 10.4. The van der Waals surface area contributed by atoms with Crippen LogP contribution >= 0.6 is 0 Å². The lowest BCUT2D eigenvalue weighted by Gasteiger charge is -2.34. The fourth-order valence-electron chi connectivity index (χ4n) is 3.83. The average molecular weight is 504 g/mol. The van der Waals surface area contributed by atoms with Crippen molar-refractivity contribution < 1.29 is 24.2 Å². The minimum Gasteiger partial charge on any atom is -0.444 e. The van der Waals surface area contributed by atoms with Gasteiger partial charge in [0.25, 0.3) is 0 Å². The Balaban J connectivity index is 3.40. The van der Waals surface area contributed by atoms with Crippen molar-refractivity contribution in [3.8, 4) is 0 Å². The Morgan fingerprint density at radius 1 is 1.19 bits per heavy atom. The Morgan fingerprint density at radius 2 is 1.89 bits per heavy atom. The van der Waals surface area contributed by atoms with Gasteiger partial charge in [-0.1, -0.05) is 64.5 Å². The summed E-state index contributed by atoms with van der Waals surface area (Å²) in [6, 6.07) is 5.33. The molecule has 36 heavy (non-hydrogen) atoms. The molecule has 0 aliphatic rings. The lowest BCUT2D eigenvalue weighted by atomic mass is 9.98. The van der Waals surface area contributed by atoms with Crippen LogP contribution in [0.1, 0.15) is 84.4 Å². The fourth-order valence-corrected chi connectivity index (χ4v) is 3.83. The number of ether oxygens (including phenoxy) is 1. The van der Waals surface area contributed by atoms with Gasteiger partial charge in [-0.2, -0.15) is 0 Å². The largest absolute Gasteiger partial charge is 0.444 e. The number of hydrogen-bond donors (Lipinski definition) is 3. The first-order chi connectivity index (χ1) is 16.9. The fraction of sp³-hybridized carbons (Fsp3) is 0.607. The lowest BCUT2D eigenvalue weighted by Crippen LogP contribution is -2.54. The van der Waals surface area contributed by atoms with Gasteiger partial charge in [-0.15, -0.1) is 0 Å². The molecule has 8 nitrogen and oxygen atoms in total. The lowest BCUT2D eigenvalue weighted by molar-refractivity contribution is -0.143. The zero-order valence-electron chi connectivity index (χ0n) is 22.8. The van der Waals surface area contributed by atoms with Crippen molar-refractivity contribution in [3.63, 3.8) is 0 Å². The molecule has 1 aromatic rings. The SMILES string of the molecule is C=Cc1cccc(C(C(=O)NCCCCC)N(CCO)C(=O)C(CC(C)C)NC(=O)OC(C)(C)C)c1. The highest BCUT2D eigenvalue weighted by Crippen LogP contribution is 2.25. The molecule has 0 aliphatic heterocycles. The molecule has 0 spiro atoms. The van der Waals surface area contributed by atoms with E-state index in [2.05, 4.69) is 24.1 Å². The highest BCUT2D eigenvalue weighted by Gasteiger charge is 2.36. The summed E-state index contributed by atoms with van der Waals surface area (Å²) in [6.07, 6.45) is 4.13. The molecule has 1 aromatic carbocycles. The van der Waals surface area contributed by atoms with Crippen molar-refractivity contribution in [1.82, 2.24) is 15.5 Å². The molecular weight excluding hydrogens is 458 g/mol. The molecule has 0 radical (unpaired) electrons. The van der Waals surface area contributed by atoms with E-state index in [-0.39, 0.29) is 25.0 Å². The van der Waals surface area contributed by atoms with Gasteiger partial charge in [0.2, 0.25) is 11.8 Å². The number of carbonyl (C=O) groups excluding carboxylic acids is 3. The van der Waals surface area contributed by atoms with E-state index in [1.54, 1.807) is 45.0 Å². The number of nitrogens with one attached hydrogen (secondary N) is 2. The minimum atomic E-state index is -0.985. The van der Waals surface area contributed by atoms with Gasteiger partial charge in [0.05, 0.1) is 6.61 Å². The molecule has 2 atom stereocenters. The molecule has 3 amide bonds. The highest BCUT2D eigenvalue weighted by molar-refractivity contribution is 5.92. The number of rotatable bonds is 14. The van der Waals surface area contributed by atoms with Gasteiger partial charge in [-0.05, 0) is 56.7 Å². The first-order valence-corrected chi connectivity index (χ1v) is 12.8. The minimum absolute atomic E-state index is 0.0746. The van der Waals surface area contributed by atoms with Crippen LogP contribution in [0.2, 0.25) is 0 Å².